The van der Waals surface area contributed by atoms with Crippen LogP contribution in [-0.2, 0) is 20.9 Å². The van der Waals surface area contributed by atoms with Gasteiger partial charge in [0, 0.05) is 24.0 Å². The van der Waals surface area contributed by atoms with Crippen LogP contribution in [0.15, 0.2) is 24.3 Å². The Balaban J connectivity index is 0.000000527. The molecule has 1 saturated heterocycles. The Morgan fingerprint density at radius 3 is 2.19 bits per heavy atom. The number of hydrogen-bond donors (Lipinski definition) is 3. The molecule has 0 aliphatic carbocycles. The van der Waals surface area contributed by atoms with E-state index >= 15 is 0 Å². The fourth-order valence-corrected chi connectivity index (χ4v) is 2.87. The maximum atomic E-state index is 12.1. The number of carbonyl (C=O) groups excluding carboxylic acids is 1. The molecule has 7 nitrogen and oxygen atoms in total. The Bertz CT molecular complexity index is 631. The van der Waals surface area contributed by atoms with E-state index in [0.717, 1.165) is 44.0 Å². The monoisotopic (exact) mass is 398 g/mol. The van der Waals surface area contributed by atoms with Crippen molar-refractivity contribution < 1.29 is 24.6 Å². The highest BCUT2D eigenvalue weighted by Gasteiger charge is 2.25. The number of amides is 1. The summed E-state index contributed by atoms with van der Waals surface area (Å²) in [6, 6.07) is 7.98. The van der Waals surface area contributed by atoms with Crippen LogP contribution in [0.25, 0.3) is 0 Å². The molecule has 1 aliphatic rings. The molecule has 0 spiro atoms. The average molecular weight is 399 g/mol. The van der Waals surface area contributed by atoms with E-state index in [4.69, 9.17) is 31.4 Å². The van der Waals surface area contributed by atoms with Crippen LogP contribution in [0.2, 0.25) is 5.02 Å². The van der Waals surface area contributed by atoms with Crippen molar-refractivity contribution in [2.45, 2.75) is 33.2 Å². The van der Waals surface area contributed by atoms with Gasteiger partial charge in [-0.2, -0.15) is 0 Å². The Morgan fingerprint density at radius 1 is 1.15 bits per heavy atom. The Hall–Kier alpha value is -2.12. The lowest BCUT2D eigenvalue weighted by Gasteiger charge is -2.31. The minimum absolute atomic E-state index is 0.172. The van der Waals surface area contributed by atoms with Crippen molar-refractivity contribution in [1.29, 1.82) is 0 Å². The van der Waals surface area contributed by atoms with Gasteiger partial charge in [0.05, 0.1) is 0 Å². The predicted molar refractivity (Wildman–Crippen MR) is 103 cm³/mol. The molecule has 1 heterocycles. The third-order valence-corrected chi connectivity index (χ3v) is 4.55. The zero-order valence-corrected chi connectivity index (χ0v) is 16.4. The third kappa shape index (κ3) is 8.88. The molecule has 0 atom stereocenters. The van der Waals surface area contributed by atoms with E-state index in [1.165, 1.54) is 5.56 Å². The van der Waals surface area contributed by atoms with Gasteiger partial charge < -0.3 is 15.5 Å². The first kappa shape index (κ1) is 22.9. The number of benzene rings is 1. The molecule has 0 unspecified atom stereocenters. The van der Waals surface area contributed by atoms with Gasteiger partial charge in [0.15, 0.2) is 0 Å². The van der Waals surface area contributed by atoms with Crippen LogP contribution in [0.4, 0.5) is 0 Å². The second kappa shape index (κ2) is 11.6. The van der Waals surface area contributed by atoms with Gasteiger partial charge in [-0.1, -0.05) is 43.6 Å². The molecule has 1 fully saturated rings. The van der Waals surface area contributed by atoms with Crippen molar-refractivity contribution >= 4 is 29.4 Å². The first-order valence-corrected chi connectivity index (χ1v) is 9.28. The van der Waals surface area contributed by atoms with Gasteiger partial charge in [-0.25, -0.2) is 9.59 Å². The number of rotatable bonds is 5. The second-order valence-electron chi connectivity index (χ2n) is 6.89. The summed E-state index contributed by atoms with van der Waals surface area (Å²) in [6.45, 7) is 7.81. The molecule has 27 heavy (non-hydrogen) atoms. The zero-order chi connectivity index (χ0) is 20.4. The number of piperidine rings is 1. The SMILES string of the molecule is CC(C)CNC(=O)C1CCN(Cc2ccccc2Cl)CC1.O=C(O)C(=O)O. The highest BCUT2D eigenvalue weighted by Crippen LogP contribution is 2.22. The third-order valence-electron chi connectivity index (χ3n) is 4.18. The van der Waals surface area contributed by atoms with Crippen LogP contribution in [0.5, 0.6) is 0 Å². The summed E-state index contributed by atoms with van der Waals surface area (Å²) in [4.78, 5) is 32.7. The molecule has 2 rings (SSSR count). The number of likely N-dealkylation sites (tertiary alicyclic amines) is 1. The van der Waals surface area contributed by atoms with Gasteiger partial charge in [-0.15, -0.1) is 0 Å². The molecule has 1 aromatic rings. The maximum Gasteiger partial charge on any atom is 0.414 e. The van der Waals surface area contributed by atoms with Crippen LogP contribution >= 0.6 is 11.6 Å². The predicted octanol–water partition coefficient (Wildman–Crippen LogP) is 2.48. The van der Waals surface area contributed by atoms with Crippen molar-refractivity contribution in [3.8, 4) is 0 Å². The lowest BCUT2D eigenvalue weighted by atomic mass is 9.95. The number of nitrogens with one attached hydrogen (secondary N) is 1. The topological polar surface area (TPSA) is 107 Å². The van der Waals surface area contributed by atoms with Crippen molar-refractivity contribution in [3.63, 3.8) is 0 Å². The summed E-state index contributed by atoms with van der Waals surface area (Å²) >= 11 is 6.20. The van der Waals surface area contributed by atoms with Crippen molar-refractivity contribution in [2.24, 2.45) is 11.8 Å². The summed E-state index contributed by atoms with van der Waals surface area (Å²) in [5.74, 6) is -2.74. The van der Waals surface area contributed by atoms with E-state index in [1.54, 1.807) is 0 Å². The van der Waals surface area contributed by atoms with Gasteiger partial charge in [-0.3, -0.25) is 9.69 Å². The number of carbonyl (C=O) groups is 3. The van der Waals surface area contributed by atoms with Crippen molar-refractivity contribution in [2.75, 3.05) is 19.6 Å². The lowest BCUT2D eigenvalue weighted by Crippen LogP contribution is -2.41. The Labute approximate surface area is 164 Å². The molecular weight excluding hydrogens is 372 g/mol. The highest BCUT2D eigenvalue weighted by molar-refractivity contribution is 6.31. The fraction of sp³-hybridized carbons (Fsp3) is 0.526. The van der Waals surface area contributed by atoms with E-state index in [0.29, 0.717) is 5.92 Å². The van der Waals surface area contributed by atoms with Crippen molar-refractivity contribution in [1.82, 2.24) is 10.2 Å². The molecule has 0 saturated carbocycles. The van der Waals surface area contributed by atoms with Crippen LogP contribution in [-0.4, -0.2) is 52.6 Å². The first-order chi connectivity index (χ1) is 12.7. The molecule has 0 aromatic heterocycles. The van der Waals surface area contributed by atoms with Crippen LogP contribution < -0.4 is 5.32 Å². The van der Waals surface area contributed by atoms with Gasteiger partial charge in [0.2, 0.25) is 5.91 Å². The standard InChI is InChI=1S/C17H25ClN2O.C2H2O4/c1-13(2)11-19-17(21)14-7-9-20(10-8-14)12-15-5-3-4-6-16(15)18;3-1(4)2(5)6/h3-6,13-14H,7-12H2,1-2H3,(H,19,21);(H,3,4)(H,5,6). The normalized spacial score (nSPS) is 15.0. The summed E-state index contributed by atoms with van der Waals surface area (Å²) in [6.07, 6.45) is 1.88. The number of aliphatic carboxylic acids is 2. The Morgan fingerprint density at radius 2 is 1.70 bits per heavy atom. The molecule has 1 aliphatic heterocycles. The molecule has 150 valence electrons. The number of carboxylic acids is 2. The number of halogens is 1. The Kier molecular flexibility index (Phi) is 9.82. The largest absolute Gasteiger partial charge is 0.473 e. The zero-order valence-electron chi connectivity index (χ0n) is 15.7. The van der Waals surface area contributed by atoms with E-state index in [1.807, 2.05) is 18.2 Å². The fourth-order valence-electron chi connectivity index (χ4n) is 2.67. The van der Waals surface area contributed by atoms with Crippen molar-refractivity contribution in [3.05, 3.63) is 34.9 Å². The van der Waals surface area contributed by atoms with E-state index in [2.05, 4.69) is 30.1 Å². The van der Waals surface area contributed by atoms with Crippen LogP contribution in [0.3, 0.4) is 0 Å². The summed E-state index contributed by atoms with van der Waals surface area (Å²) in [7, 11) is 0. The molecule has 1 amide bonds. The van der Waals surface area contributed by atoms with Gasteiger partial charge >= 0.3 is 11.9 Å². The van der Waals surface area contributed by atoms with Crippen LogP contribution in [0.1, 0.15) is 32.3 Å². The lowest BCUT2D eigenvalue weighted by molar-refractivity contribution is -0.159. The molecule has 3 N–H and O–H groups in total. The van der Waals surface area contributed by atoms with E-state index in [-0.39, 0.29) is 11.8 Å². The molecule has 1 aromatic carbocycles. The van der Waals surface area contributed by atoms with Crippen LogP contribution in [0, 0.1) is 11.8 Å². The average Bonchev–Trinajstić information content (AvgIpc) is 2.62. The summed E-state index contributed by atoms with van der Waals surface area (Å²) in [5.41, 5.74) is 1.17. The second-order valence-corrected chi connectivity index (χ2v) is 7.30. The maximum absolute atomic E-state index is 12.1. The summed E-state index contributed by atoms with van der Waals surface area (Å²) < 4.78 is 0. The van der Waals surface area contributed by atoms with E-state index in [9.17, 15) is 4.79 Å². The quantitative estimate of drug-likeness (QED) is 0.658. The molecule has 0 radical (unpaired) electrons. The van der Waals surface area contributed by atoms with E-state index < -0.39 is 11.9 Å². The first-order valence-electron chi connectivity index (χ1n) is 8.90. The summed E-state index contributed by atoms with van der Waals surface area (Å²) in [5, 5.41) is 18.7. The molecule has 8 heteroatoms. The minimum Gasteiger partial charge on any atom is -0.473 e. The number of nitrogens with zero attached hydrogens (tertiary/aromatic N) is 1. The smallest absolute Gasteiger partial charge is 0.414 e. The van der Waals surface area contributed by atoms with Gasteiger partial charge in [0.25, 0.3) is 0 Å². The van der Waals surface area contributed by atoms with Gasteiger partial charge in [0.1, 0.15) is 0 Å². The highest BCUT2D eigenvalue weighted by atomic mass is 35.5. The van der Waals surface area contributed by atoms with Gasteiger partial charge in [-0.05, 0) is 43.5 Å². The molecule has 0 bridgehead atoms. The molecular formula is C19H27ClN2O5. The number of hydrogen-bond acceptors (Lipinski definition) is 4. The minimum atomic E-state index is -1.82. The number of carboxylic acid groups (broad SMARTS) is 2.